The highest BCUT2D eigenvalue weighted by Crippen LogP contribution is 2.39. The zero-order chi connectivity index (χ0) is 18.4. The molecule has 1 aliphatic heterocycles. The third-order valence-corrected chi connectivity index (χ3v) is 5.24. The summed E-state index contributed by atoms with van der Waals surface area (Å²) in [4.78, 5) is 10.2. The highest BCUT2D eigenvalue weighted by atomic mass is 19.1. The first-order chi connectivity index (χ1) is 13.2. The van der Waals surface area contributed by atoms with Crippen molar-refractivity contribution >= 4 is 11.0 Å². The predicted octanol–water partition coefficient (Wildman–Crippen LogP) is 4.61. The van der Waals surface area contributed by atoms with E-state index in [1.165, 1.54) is 6.33 Å². The Bertz CT molecular complexity index is 1090. The van der Waals surface area contributed by atoms with E-state index in [4.69, 9.17) is 4.42 Å². The van der Waals surface area contributed by atoms with Crippen LogP contribution in [-0.4, -0.2) is 28.5 Å². The van der Waals surface area contributed by atoms with Crippen LogP contribution >= 0.6 is 0 Å². The second-order valence-electron chi connectivity index (χ2n) is 7.06. The standard InChI is InChI=1S/C22H18FN3O/c1-26-11-18(21-8-14-4-2-3-5-20(14)27-21)17-7-6-16(22(23)19(17)12-26)15-9-24-13-25-10-15/h2-10,13,18H,11-12H2,1H3. The monoisotopic (exact) mass is 359 g/mol. The molecule has 4 nitrogen and oxygen atoms in total. The molecule has 1 atom stereocenters. The maximum atomic E-state index is 15.4. The molecule has 0 aliphatic carbocycles. The van der Waals surface area contributed by atoms with Gasteiger partial charge in [-0.05, 0) is 24.7 Å². The van der Waals surface area contributed by atoms with Gasteiger partial charge in [-0.2, -0.15) is 0 Å². The van der Waals surface area contributed by atoms with E-state index in [1.54, 1.807) is 12.4 Å². The maximum Gasteiger partial charge on any atom is 0.135 e. The molecule has 4 aromatic rings. The molecule has 1 aliphatic rings. The van der Waals surface area contributed by atoms with Crippen LogP contribution in [0.1, 0.15) is 22.8 Å². The average molecular weight is 359 g/mol. The van der Waals surface area contributed by atoms with E-state index in [1.807, 2.05) is 43.4 Å². The van der Waals surface area contributed by atoms with Crippen LogP contribution in [0.4, 0.5) is 4.39 Å². The molecule has 2 aromatic carbocycles. The highest BCUT2D eigenvalue weighted by Gasteiger charge is 2.30. The number of likely N-dealkylation sites (N-methyl/N-ethyl adjacent to an activating group) is 1. The van der Waals surface area contributed by atoms with Gasteiger partial charge in [-0.25, -0.2) is 14.4 Å². The SMILES string of the molecule is CN1Cc2c(ccc(-c3cncnc3)c2F)C(c2cc3ccccc3o2)C1. The van der Waals surface area contributed by atoms with E-state index in [2.05, 4.69) is 20.9 Å². The van der Waals surface area contributed by atoms with Crippen molar-refractivity contribution in [3.05, 3.63) is 83.9 Å². The minimum Gasteiger partial charge on any atom is -0.460 e. The number of nitrogens with zero attached hydrogens (tertiary/aromatic N) is 3. The normalized spacial score (nSPS) is 17.2. The lowest BCUT2D eigenvalue weighted by Crippen LogP contribution is -2.31. The summed E-state index contributed by atoms with van der Waals surface area (Å²) in [6.07, 6.45) is 4.73. The molecule has 0 saturated heterocycles. The van der Waals surface area contributed by atoms with Gasteiger partial charge < -0.3 is 9.32 Å². The Labute approximate surface area is 156 Å². The van der Waals surface area contributed by atoms with Crippen molar-refractivity contribution in [2.24, 2.45) is 0 Å². The van der Waals surface area contributed by atoms with E-state index in [0.29, 0.717) is 17.7 Å². The largest absolute Gasteiger partial charge is 0.460 e. The molecule has 0 radical (unpaired) electrons. The fraction of sp³-hybridized carbons (Fsp3) is 0.182. The molecule has 134 valence electrons. The van der Waals surface area contributed by atoms with Crippen LogP contribution in [0.3, 0.4) is 0 Å². The second-order valence-corrected chi connectivity index (χ2v) is 7.06. The fourth-order valence-electron chi connectivity index (χ4n) is 3.95. The molecule has 0 N–H and O–H groups in total. The number of furan rings is 1. The van der Waals surface area contributed by atoms with Gasteiger partial charge in [0.25, 0.3) is 0 Å². The number of hydrogen-bond donors (Lipinski definition) is 0. The summed E-state index contributed by atoms with van der Waals surface area (Å²) in [5, 5.41) is 1.07. The molecule has 1 unspecified atom stereocenters. The first kappa shape index (κ1) is 16.1. The Kier molecular flexibility index (Phi) is 3.76. The van der Waals surface area contributed by atoms with E-state index in [-0.39, 0.29) is 11.7 Å². The number of benzene rings is 2. The van der Waals surface area contributed by atoms with E-state index in [9.17, 15) is 0 Å². The molecular weight excluding hydrogens is 341 g/mol. The van der Waals surface area contributed by atoms with Gasteiger partial charge in [0, 0.05) is 47.6 Å². The van der Waals surface area contributed by atoms with Crippen LogP contribution in [0.25, 0.3) is 22.1 Å². The number of hydrogen-bond acceptors (Lipinski definition) is 4. The molecule has 2 aromatic heterocycles. The topological polar surface area (TPSA) is 42.2 Å². The zero-order valence-electron chi connectivity index (χ0n) is 14.9. The third kappa shape index (κ3) is 2.71. The summed E-state index contributed by atoms with van der Waals surface area (Å²) in [5.74, 6) is 0.677. The summed E-state index contributed by atoms with van der Waals surface area (Å²) in [7, 11) is 2.01. The van der Waals surface area contributed by atoms with Gasteiger partial charge in [-0.1, -0.05) is 30.3 Å². The average Bonchev–Trinajstić information content (AvgIpc) is 3.13. The highest BCUT2D eigenvalue weighted by molar-refractivity contribution is 5.78. The number of halogens is 1. The van der Waals surface area contributed by atoms with Crippen molar-refractivity contribution in [3.8, 4) is 11.1 Å². The first-order valence-electron chi connectivity index (χ1n) is 8.94. The summed E-state index contributed by atoms with van der Waals surface area (Å²) in [6, 6.07) is 13.9. The molecular formula is C22H18FN3O. The van der Waals surface area contributed by atoms with Gasteiger partial charge in [0.1, 0.15) is 23.5 Å². The minimum absolute atomic E-state index is 0.00160. The number of rotatable bonds is 2. The van der Waals surface area contributed by atoms with Crippen molar-refractivity contribution in [1.29, 1.82) is 0 Å². The van der Waals surface area contributed by atoms with Crippen LogP contribution in [0, 0.1) is 5.82 Å². The van der Waals surface area contributed by atoms with Gasteiger partial charge in [-0.3, -0.25) is 0 Å². The Hall–Kier alpha value is -3.05. The summed E-state index contributed by atoms with van der Waals surface area (Å²) >= 11 is 0. The first-order valence-corrected chi connectivity index (χ1v) is 8.94. The molecule has 5 rings (SSSR count). The van der Waals surface area contributed by atoms with Gasteiger partial charge >= 0.3 is 0 Å². The smallest absolute Gasteiger partial charge is 0.135 e. The van der Waals surface area contributed by atoms with Crippen LogP contribution in [-0.2, 0) is 6.54 Å². The molecule has 0 fully saturated rings. The van der Waals surface area contributed by atoms with Crippen molar-refractivity contribution < 1.29 is 8.81 Å². The fourth-order valence-corrected chi connectivity index (χ4v) is 3.95. The van der Waals surface area contributed by atoms with Crippen LogP contribution in [0.15, 0.2) is 65.6 Å². The summed E-state index contributed by atoms with van der Waals surface area (Å²) in [6.45, 7) is 1.36. The van der Waals surface area contributed by atoms with Crippen molar-refractivity contribution in [2.45, 2.75) is 12.5 Å². The van der Waals surface area contributed by atoms with Gasteiger partial charge in [0.15, 0.2) is 0 Å². The van der Waals surface area contributed by atoms with E-state index >= 15 is 4.39 Å². The van der Waals surface area contributed by atoms with Crippen LogP contribution in [0.5, 0.6) is 0 Å². The number of aromatic nitrogens is 2. The molecule has 0 bridgehead atoms. The van der Waals surface area contributed by atoms with Gasteiger partial charge in [0.2, 0.25) is 0 Å². The predicted molar refractivity (Wildman–Crippen MR) is 102 cm³/mol. The summed E-state index contributed by atoms with van der Waals surface area (Å²) < 4.78 is 21.5. The Morgan fingerprint density at radius 3 is 2.74 bits per heavy atom. The Morgan fingerprint density at radius 2 is 1.93 bits per heavy atom. The van der Waals surface area contributed by atoms with Crippen molar-refractivity contribution in [1.82, 2.24) is 14.9 Å². The second kappa shape index (κ2) is 6.28. The Balaban J connectivity index is 1.64. The maximum absolute atomic E-state index is 15.4. The molecule has 27 heavy (non-hydrogen) atoms. The lowest BCUT2D eigenvalue weighted by Gasteiger charge is -2.32. The molecule has 0 spiro atoms. The summed E-state index contributed by atoms with van der Waals surface area (Å²) in [5.41, 5.74) is 3.79. The van der Waals surface area contributed by atoms with Gasteiger partial charge in [-0.15, -0.1) is 0 Å². The molecule has 5 heteroatoms. The van der Waals surface area contributed by atoms with E-state index in [0.717, 1.165) is 34.4 Å². The van der Waals surface area contributed by atoms with Crippen LogP contribution < -0.4 is 0 Å². The Morgan fingerprint density at radius 1 is 1.11 bits per heavy atom. The lowest BCUT2D eigenvalue weighted by atomic mass is 9.86. The third-order valence-electron chi connectivity index (χ3n) is 5.24. The lowest BCUT2D eigenvalue weighted by molar-refractivity contribution is 0.276. The minimum atomic E-state index is -0.199. The van der Waals surface area contributed by atoms with E-state index < -0.39 is 0 Å². The number of para-hydroxylation sites is 1. The zero-order valence-corrected chi connectivity index (χ0v) is 14.9. The molecule has 3 heterocycles. The molecule has 0 saturated carbocycles. The van der Waals surface area contributed by atoms with Crippen LogP contribution in [0.2, 0.25) is 0 Å². The van der Waals surface area contributed by atoms with Gasteiger partial charge in [0.05, 0.1) is 5.92 Å². The molecule has 0 amide bonds. The quantitative estimate of drug-likeness (QED) is 0.524. The van der Waals surface area contributed by atoms with Crippen molar-refractivity contribution in [2.75, 3.05) is 13.6 Å². The van der Waals surface area contributed by atoms with Crippen molar-refractivity contribution in [3.63, 3.8) is 0 Å². The number of fused-ring (bicyclic) bond motifs is 2.